The van der Waals surface area contributed by atoms with E-state index in [1.165, 1.54) is 55.0 Å². The number of nitrogens with zero attached hydrogens (tertiary/aromatic N) is 2. The van der Waals surface area contributed by atoms with Gasteiger partial charge in [0.15, 0.2) is 0 Å². The molecule has 0 aromatic heterocycles. The van der Waals surface area contributed by atoms with Crippen LogP contribution in [0.5, 0.6) is 0 Å². The minimum Gasteiger partial charge on any atom is -0.354 e. The van der Waals surface area contributed by atoms with Gasteiger partial charge in [0, 0.05) is 31.1 Å². The van der Waals surface area contributed by atoms with E-state index in [1.54, 1.807) is 0 Å². The smallest absolute Gasteiger partial charge is 0.243 e. The average molecular weight is 466 g/mol. The summed E-state index contributed by atoms with van der Waals surface area (Å²) in [5.74, 6) is -0.554. The highest BCUT2D eigenvalue weighted by Gasteiger charge is 2.39. The Bertz CT molecular complexity index is 870. The number of hydrogen-bond donors (Lipinski definition) is 1. The molecule has 1 N–H and O–H groups in total. The van der Waals surface area contributed by atoms with Crippen LogP contribution in [0.15, 0.2) is 29.2 Å². The fourth-order valence-electron chi connectivity index (χ4n) is 5.69. The molecule has 1 aromatic rings. The first-order valence-corrected chi connectivity index (χ1v) is 13.6. The summed E-state index contributed by atoms with van der Waals surface area (Å²) >= 11 is 0. The molecule has 178 valence electrons. The van der Waals surface area contributed by atoms with Crippen LogP contribution < -0.4 is 5.32 Å². The second-order valence-corrected chi connectivity index (χ2v) is 11.6. The quantitative estimate of drug-likeness (QED) is 0.698. The van der Waals surface area contributed by atoms with Crippen molar-refractivity contribution in [3.8, 4) is 0 Å². The number of rotatable bonds is 6. The minimum atomic E-state index is -3.65. The van der Waals surface area contributed by atoms with Gasteiger partial charge in [-0.25, -0.2) is 12.8 Å². The largest absolute Gasteiger partial charge is 0.354 e. The van der Waals surface area contributed by atoms with Crippen LogP contribution >= 0.6 is 0 Å². The molecule has 3 fully saturated rings. The maximum Gasteiger partial charge on any atom is 0.243 e. The van der Waals surface area contributed by atoms with Crippen molar-refractivity contribution < 1.29 is 17.6 Å². The van der Waals surface area contributed by atoms with Crippen molar-refractivity contribution in [2.45, 2.75) is 74.6 Å². The predicted molar refractivity (Wildman–Crippen MR) is 122 cm³/mol. The lowest BCUT2D eigenvalue weighted by atomic mass is 9.79. The van der Waals surface area contributed by atoms with Crippen LogP contribution in [0, 0.1) is 11.7 Å². The van der Waals surface area contributed by atoms with E-state index >= 15 is 0 Å². The number of nitrogens with one attached hydrogen (secondary N) is 1. The van der Waals surface area contributed by atoms with E-state index in [4.69, 9.17) is 0 Å². The van der Waals surface area contributed by atoms with Gasteiger partial charge in [-0.05, 0) is 75.9 Å². The monoisotopic (exact) mass is 465 g/mol. The molecule has 2 heterocycles. The molecule has 32 heavy (non-hydrogen) atoms. The van der Waals surface area contributed by atoms with E-state index in [-0.39, 0.29) is 22.3 Å². The molecular weight excluding hydrogens is 429 g/mol. The summed E-state index contributed by atoms with van der Waals surface area (Å²) in [5, 5.41) is 3.26. The van der Waals surface area contributed by atoms with E-state index in [1.807, 2.05) is 0 Å². The summed E-state index contributed by atoms with van der Waals surface area (Å²) in [4.78, 5) is 15.7. The molecule has 2 saturated heterocycles. The van der Waals surface area contributed by atoms with E-state index in [2.05, 4.69) is 10.2 Å². The van der Waals surface area contributed by atoms with Gasteiger partial charge in [-0.1, -0.05) is 25.7 Å². The Morgan fingerprint density at radius 2 is 1.53 bits per heavy atom. The summed E-state index contributed by atoms with van der Waals surface area (Å²) < 4.78 is 40.2. The van der Waals surface area contributed by atoms with E-state index < -0.39 is 15.8 Å². The van der Waals surface area contributed by atoms with Gasteiger partial charge in [0.05, 0.1) is 4.90 Å². The van der Waals surface area contributed by atoms with Gasteiger partial charge in [0.1, 0.15) is 5.82 Å². The summed E-state index contributed by atoms with van der Waals surface area (Å²) in [5.41, 5.74) is 0.0982. The van der Waals surface area contributed by atoms with Gasteiger partial charge in [-0.15, -0.1) is 0 Å². The van der Waals surface area contributed by atoms with Crippen LogP contribution in [0.2, 0.25) is 0 Å². The van der Waals surface area contributed by atoms with Crippen LogP contribution in [0.4, 0.5) is 4.39 Å². The zero-order valence-corrected chi connectivity index (χ0v) is 19.7. The summed E-state index contributed by atoms with van der Waals surface area (Å²) in [6.07, 6.45) is 10.9. The molecule has 4 rings (SSSR count). The standard InChI is InChI=1S/C24H36FN3O3S/c25-21-7-9-22(10-8-21)32(30,31)28-17-11-20(12-18-28)23(29)26-19-24(13-3-1-4-14-24)27-15-5-2-6-16-27/h7-10,20H,1-6,11-19H2,(H,26,29). The third-order valence-electron chi connectivity index (χ3n) is 7.68. The first kappa shape index (κ1) is 23.6. The molecule has 1 aromatic carbocycles. The SMILES string of the molecule is O=C(NCC1(N2CCCCC2)CCCCC1)C1CCN(S(=O)(=O)c2ccc(F)cc2)CC1. The molecule has 1 amide bonds. The molecule has 3 aliphatic rings. The number of amides is 1. The second kappa shape index (κ2) is 10.2. The van der Waals surface area contributed by atoms with Gasteiger partial charge in [0.25, 0.3) is 0 Å². The number of hydrogen-bond acceptors (Lipinski definition) is 4. The predicted octanol–water partition coefficient (Wildman–Crippen LogP) is 3.53. The molecule has 6 nitrogen and oxygen atoms in total. The number of benzene rings is 1. The zero-order valence-electron chi connectivity index (χ0n) is 18.9. The maximum atomic E-state index is 13.2. The van der Waals surface area contributed by atoms with Crippen LogP contribution in [-0.4, -0.2) is 61.8 Å². The summed E-state index contributed by atoms with van der Waals surface area (Å²) in [6, 6.07) is 4.92. The van der Waals surface area contributed by atoms with Gasteiger partial charge >= 0.3 is 0 Å². The Morgan fingerprint density at radius 3 is 2.16 bits per heavy atom. The van der Waals surface area contributed by atoms with Crippen molar-refractivity contribution in [3.63, 3.8) is 0 Å². The number of carbonyl (C=O) groups is 1. The van der Waals surface area contributed by atoms with Crippen LogP contribution in [0.25, 0.3) is 0 Å². The number of carbonyl (C=O) groups excluding carboxylic acids is 1. The molecule has 1 saturated carbocycles. The Hall–Kier alpha value is -1.51. The molecular formula is C24H36FN3O3S. The average Bonchev–Trinajstić information content (AvgIpc) is 2.84. The fourth-order valence-corrected chi connectivity index (χ4v) is 7.16. The topological polar surface area (TPSA) is 69.7 Å². The zero-order chi connectivity index (χ0) is 22.6. The lowest BCUT2D eigenvalue weighted by molar-refractivity contribution is -0.127. The normalized spacial score (nSPS) is 23.7. The van der Waals surface area contributed by atoms with Gasteiger partial charge in [-0.3, -0.25) is 9.69 Å². The highest BCUT2D eigenvalue weighted by atomic mass is 32.2. The summed E-state index contributed by atoms with van der Waals surface area (Å²) in [7, 11) is -3.65. The molecule has 0 radical (unpaired) electrons. The second-order valence-electron chi connectivity index (χ2n) is 9.68. The van der Waals surface area contributed by atoms with Gasteiger partial charge in [0.2, 0.25) is 15.9 Å². The van der Waals surface area contributed by atoms with Crippen molar-refractivity contribution >= 4 is 15.9 Å². The number of likely N-dealkylation sites (tertiary alicyclic amines) is 1. The lowest BCUT2D eigenvalue weighted by Crippen LogP contribution is -2.58. The van der Waals surface area contributed by atoms with Gasteiger partial charge in [-0.2, -0.15) is 4.31 Å². The fraction of sp³-hybridized carbons (Fsp3) is 0.708. The van der Waals surface area contributed by atoms with Crippen LogP contribution in [-0.2, 0) is 14.8 Å². The Labute approximate surface area is 191 Å². The first-order valence-electron chi connectivity index (χ1n) is 12.2. The minimum absolute atomic E-state index is 0.0609. The molecule has 1 aliphatic carbocycles. The third kappa shape index (κ3) is 5.18. The number of piperidine rings is 2. The highest BCUT2D eigenvalue weighted by molar-refractivity contribution is 7.89. The number of sulfonamides is 1. The van der Waals surface area contributed by atoms with Crippen molar-refractivity contribution in [1.82, 2.24) is 14.5 Å². The van der Waals surface area contributed by atoms with Crippen LogP contribution in [0.1, 0.15) is 64.2 Å². The molecule has 0 spiro atoms. The van der Waals surface area contributed by atoms with E-state index in [9.17, 15) is 17.6 Å². The lowest BCUT2D eigenvalue weighted by Gasteiger charge is -2.48. The van der Waals surface area contributed by atoms with Crippen molar-refractivity contribution in [1.29, 1.82) is 0 Å². The molecule has 0 unspecified atom stereocenters. The molecule has 8 heteroatoms. The van der Waals surface area contributed by atoms with Crippen molar-refractivity contribution in [3.05, 3.63) is 30.1 Å². The third-order valence-corrected chi connectivity index (χ3v) is 9.59. The molecule has 0 atom stereocenters. The Morgan fingerprint density at radius 1 is 0.938 bits per heavy atom. The first-order chi connectivity index (χ1) is 15.4. The van der Waals surface area contributed by atoms with Crippen molar-refractivity contribution in [2.75, 3.05) is 32.7 Å². The molecule has 2 aliphatic heterocycles. The Kier molecular flexibility index (Phi) is 7.52. The van der Waals surface area contributed by atoms with E-state index in [0.717, 1.165) is 38.1 Å². The van der Waals surface area contributed by atoms with E-state index in [0.29, 0.717) is 32.5 Å². The summed E-state index contributed by atoms with van der Waals surface area (Å²) in [6.45, 7) is 3.61. The van der Waals surface area contributed by atoms with Crippen LogP contribution in [0.3, 0.4) is 0 Å². The number of halogens is 1. The molecule has 0 bridgehead atoms. The van der Waals surface area contributed by atoms with Gasteiger partial charge < -0.3 is 5.32 Å². The highest BCUT2D eigenvalue weighted by Crippen LogP contribution is 2.35. The maximum absolute atomic E-state index is 13.2. The Balaban J connectivity index is 1.32. The van der Waals surface area contributed by atoms with Crippen molar-refractivity contribution in [2.24, 2.45) is 5.92 Å².